The Morgan fingerprint density at radius 1 is 1.18 bits per heavy atom. The first-order valence-electron chi connectivity index (χ1n) is 6.99. The maximum absolute atomic E-state index is 9.97. The van der Waals surface area contributed by atoms with Gasteiger partial charge in [0.15, 0.2) is 0 Å². The van der Waals surface area contributed by atoms with Crippen LogP contribution in [0.25, 0.3) is 0 Å². The molecular weight excluding hydrogens is 214 g/mol. The first-order valence-corrected chi connectivity index (χ1v) is 6.99. The van der Waals surface area contributed by atoms with E-state index < -0.39 is 5.60 Å². The monoisotopic (exact) mass is 241 g/mol. The molecule has 1 saturated carbocycles. The van der Waals surface area contributed by atoms with Crippen molar-refractivity contribution in [3.63, 3.8) is 0 Å². The summed E-state index contributed by atoms with van der Waals surface area (Å²) >= 11 is 0. The summed E-state index contributed by atoms with van der Waals surface area (Å²) in [5, 5.41) is 9.97. The van der Waals surface area contributed by atoms with E-state index in [0.717, 1.165) is 32.2 Å². The number of nitrogens with zero attached hydrogens (tertiary/aromatic N) is 2. The summed E-state index contributed by atoms with van der Waals surface area (Å²) in [5.74, 6) is 0. The molecule has 0 aromatic carbocycles. The van der Waals surface area contributed by atoms with Gasteiger partial charge >= 0.3 is 0 Å². The number of piperazine rings is 1. The minimum atomic E-state index is -0.727. The van der Waals surface area contributed by atoms with Crippen LogP contribution in [0.2, 0.25) is 0 Å². The normalized spacial score (nSPS) is 28.4. The van der Waals surface area contributed by atoms with Crippen LogP contribution in [0, 0.1) is 0 Å². The quantitative estimate of drug-likeness (QED) is 0.741. The Morgan fingerprint density at radius 3 is 2.29 bits per heavy atom. The summed E-state index contributed by atoms with van der Waals surface area (Å²) in [6.07, 6.45) is 5.60. The zero-order valence-electron chi connectivity index (χ0n) is 11.1. The van der Waals surface area contributed by atoms with Gasteiger partial charge in [0.25, 0.3) is 0 Å². The molecule has 1 unspecified atom stereocenters. The average molecular weight is 241 g/mol. The lowest BCUT2D eigenvalue weighted by Crippen LogP contribution is -2.54. The van der Waals surface area contributed by atoms with Gasteiger partial charge in [0.2, 0.25) is 0 Å². The smallest absolute Gasteiger partial charge is 0.0867 e. The van der Waals surface area contributed by atoms with Gasteiger partial charge in [-0.05, 0) is 19.8 Å². The summed E-state index contributed by atoms with van der Waals surface area (Å²) in [6, 6.07) is 0.840. The van der Waals surface area contributed by atoms with Crippen molar-refractivity contribution in [1.29, 1.82) is 0 Å². The SMILES string of the molecule is CC(O)(CN)CN1CCN(C2CCCC2)CC1. The van der Waals surface area contributed by atoms with Gasteiger partial charge in [-0.3, -0.25) is 9.80 Å². The average Bonchev–Trinajstić information content (AvgIpc) is 2.83. The Kier molecular flexibility index (Phi) is 4.42. The van der Waals surface area contributed by atoms with E-state index in [4.69, 9.17) is 5.73 Å². The van der Waals surface area contributed by atoms with E-state index in [-0.39, 0.29) is 0 Å². The second-order valence-electron chi connectivity index (χ2n) is 5.95. The largest absolute Gasteiger partial charge is 0.388 e. The molecule has 2 aliphatic rings. The lowest BCUT2D eigenvalue weighted by atomic mass is 10.1. The van der Waals surface area contributed by atoms with Gasteiger partial charge in [-0.15, -0.1) is 0 Å². The molecule has 2 fully saturated rings. The zero-order valence-corrected chi connectivity index (χ0v) is 11.1. The van der Waals surface area contributed by atoms with Crippen molar-refractivity contribution in [2.45, 2.75) is 44.2 Å². The van der Waals surface area contributed by atoms with Gasteiger partial charge in [0.05, 0.1) is 5.60 Å². The van der Waals surface area contributed by atoms with Gasteiger partial charge in [-0.2, -0.15) is 0 Å². The van der Waals surface area contributed by atoms with Crippen LogP contribution in [0.3, 0.4) is 0 Å². The van der Waals surface area contributed by atoms with Crippen molar-refractivity contribution in [2.75, 3.05) is 39.3 Å². The number of rotatable bonds is 4. The molecule has 0 bridgehead atoms. The van der Waals surface area contributed by atoms with E-state index in [9.17, 15) is 5.11 Å². The minimum absolute atomic E-state index is 0.343. The third-order valence-corrected chi connectivity index (χ3v) is 4.25. The highest BCUT2D eigenvalue weighted by Crippen LogP contribution is 2.24. The Bertz CT molecular complexity index is 231. The van der Waals surface area contributed by atoms with Crippen molar-refractivity contribution in [2.24, 2.45) is 5.73 Å². The highest BCUT2D eigenvalue weighted by Gasteiger charge is 2.29. The second kappa shape index (κ2) is 5.65. The molecule has 4 heteroatoms. The molecule has 1 aliphatic heterocycles. The van der Waals surface area contributed by atoms with E-state index in [2.05, 4.69) is 9.80 Å². The van der Waals surface area contributed by atoms with Crippen LogP contribution in [0.15, 0.2) is 0 Å². The fourth-order valence-electron chi connectivity index (χ4n) is 3.10. The molecule has 3 N–H and O–H groups in total. The van der Waals surface area contributed by atoms with Crippen molar-refractivity contribution in [1.82, 2.24) is 9.80 Å². The third-order valence-electron chi connectivity index (χ3n) is 4.25. The summed E-state index contributed by atoms with van der Waals surface area (Å²) in [5.41, 5.74) is 4.84. The highest BCUT2D eigenvalue weighted by molar-refractivity contribution is 4.85. The maximum atomic E-state index is 9.97. The molecule has 100 valence electrons. The molecule has 17 heavy (non-hydrogen) atoms. The van der Waals surface area contributed by atoms with Gasteiger partial charge in [-0.1, -0.05) is 12.8 Å². The Balaban J connectivity index is 1.74. The van der Waals surface area contributed by atoms with Crippen molar-refractivity contribution < 1.29 is 5.11 Å². The van der Waals surface area contributed by atoms with Gasteiger partial charge in [-0.25, -0.2) is 0 Å². The molecule has 1 atom stereocenters. The predicted octanol–water partition coefficient (Wildman–Crippen LogP) is 0.256. The van der Waals surface area contributed by atoms with Crippen LogP contribution in [0.4, 0.5) is 0 Å². The predicted molar refractivity (Wildman–Crippen MR) is 69.9 cm³/mol. The van der Waals surface area contributed by atoms with Crippen LogP contribution < -0.4 is 5.73 Å². The second-order valence-corrected chi connectivity index (χ2v) is 5.95. The molecule has 0 amide bonds. The number of hydrogen-bond acceptors (Lipinski definition) is 4. The molecular formula is C13H27N3O. The Morgan fingerprint density at radius 2 is 1.76 bits per heavy atom. The molecule has 1 aliphatic carbocycles. The van der Waals surface area contributed by atoms with E-state index in [0.29, 0.717) is 13.1 Å². The lowest BCUT2D eigenvalue weighted by Gasteiger charge is -2.40. The van der Waals surface area contributed by atoms with Crippen LogP contribution in [-0.2, 0) is 0 Å². The van der Waals surface area contributed by atoms with E-state index >= 15 is 0 Å². The summed E-state index contributed by atoms with van der Waals surface area (Å²) in [7, 11) is 0. The Hall–Kier alpha value is -0.160. The fraction of sp³-hybridized carbons (Fsp3) is 1.00. The molecule has 0 aromatic heterocycles. The first kappa shape index (κ1) is 13.3. The van der Waals surface area contributed by atoms with Gasteiger partial charge < -0.3 is 10.8 Å². The number of β-amino-alcohol motifs (C(OH)–C–C–N with tert-alkyl or cyclic N) is 1. The minimum Gasteiger partial charge on any atom is -0.388 e. The number of hydrogen-bond donors (Lipinski definition) is 2. The van der Waals surface area contributed by atoms with E-state index in [1.807, 2.05) is 6.92 Å². The topological polar surface area (TPSA) is 52.7 Å². The van der Waals surface area contributed by atoms with Gasteiger partial charge in [0, 0.05) is 45.3 Å². The van der Waals surface area contributed by atoms with Crippen LogP contribution in [0.5, 0.6) is 0 Å². The van der Waals surface area contributed by atoms with E-state index in [1.54, 1.807) is 0 Å². The zero-order chi connectivity index (χ0) is 12.3. The summed E-state index contributed by atoms with van der Waals surface area (Å²) < 4.78 is 0. The van der Waals surface area contributed by atoms with Crippen molar-refractivity contribution in [3.05, 3.63) is 0 Å². The molecule has 0 aromatic rings. The van der Waals surface area contributed by atoms with Crippen molar-refractivity contribution >= 4 is 0 Å². The fourth-order valence-corrected chi connectivity index (χ4v) is 3.10. The number of nitrogens with two attached hydrogens (primary N) is 1. The van der Waals surface area contributed by atoms with Crippen LogP contribution >= 0.6 is 0 Å². The molecule has 2 rings (SSSR count). The van der Waals surface area contributed by atoms with Crippen LogP contribution in [-0.4, -0.2) is 65.8 Å². The van der Waals surface area contributed by atoms with E-state index in [1.165, 1.54) is 25.7 Å². The molecule has 1 saturated heterocycles. The number of aliphatic hydroxyl groups is 1. The summed E-state index contributed by atoms with van der Waals surface area (Å²) in [4.78, 5) is 4.99. The summed E-state index contributed by atoms with van der Waals surface area (Å²) in [6.45, 7) is 7.35. The first-order chi connectivity index (χ1) is 8.11. The van der Waals surface area contributed by atoms with Crippen molar-refractivity contribution in [3.8, 4) is 0 Å². The molecule has 4 nitrogen and oxygen atoms in total. The maximum Gasteiger partial charge on any atom is 0.0867 e. The van der Waals surface area contributed by atoms with Crippen LogP contribution in [0.1, 0.15) is 32.6 Å². The van der Waals surface area contributed by atoms with Gasteiger partial charge in [0.1, 0.15) is 0 Å². The highest BCUT2D eigenvalue weighted by atomic mass is 16.3. The standard InChI is InChI=1S/C13H27N3O/c1-13(17,10-14)11-15-6-8-16(9-7-15)12-4-2-3-5-12/h12,17H,2-11,14H2,1H3. The molecule has 0 radical (unpaired) electrons. The lowest BCUT2D eigenvalue weighted by molar-refractivity contribution is 0.00500. The molecule has 0 spiro atoms. The Labute approximate surface area is 105 Å². The third kappa shape index (κ3) is 3.65. The molecule has 1 heterocycles.